The van der Waals surface area contributed by atoms with Crippen LogP contribution in [0.25, 0.3) is 0 Å². The normalized spacial score (nSPS) is 13.5. The fourth-order valence-electron chi connectivity index (χ4n) is 3.03. The van der Waals surface area contributed by atoms with E-state index in [2.05, 4.69) is 0 Å². The van der Waals surface area contributed by atoms with Crippen molar-refractivity contribution in [3.63, 3.8) is 0 Å². The predicted molar refractivity (Wildman–Crippen MR) is 122 cm³/mol. The topological polar surface area (TPSA) is 80.7 Å². The molecule has 0 aliphatic carbocycles. The highest BCUT2D eigenvalue weighted by Crippen LogP contribution is 2.30. The van der Waals surface area contributed by atoms with Gasteiger partial charge in [0.25, 0.3) is 10.1 Å². The smallest absolute Gasteiger partial charge is 0.297 e. The highest BCUT2D eigenvalue weighted by Gasteiger charge is 2.40. The predicted octanol–water partition coefficient (Wildman–Crippen LogP) is 4.50. The fourth-order valence-corrected chi connectivity index (χ4v) is 4.37. The molecule has 1 unspecified atom stereocenters. The van der Waals surface area contributed by atoms with Crippen molar-refractivity contribution >= 4 is 27.7 Å². The fraction of sp³-hybridized carbons (Fsp3) is 0.208. The maximum absolute atomic E-state index is 13.3. The Morgan fingerprint density at radius 3 is 1.94 bits per heavy atom. The van der Waals surface area contributed by atoms with Gasteiger partial charge < -0.3 is 5.11 Å². The molecule has 0 amide bonds. The van der Waals surface area contributed by atoms with Gasteiger partial charge in [0.1, 0.15) is 6.61 Å². The van der Waals surface area contributed by atoms with Gasteiger partial charge in [0.05, 0.1) is 4.90 Å². The van der Waals surface area contributed by atoms with Crippen molar-refractivity contribution in [1.82, 2.24) is 0 Å². The average Bonchev–Trinajstić information content (AvgIpc) is 2.78. The number of aryl methyl sites for hydroxylation is 2. The number of rotatable bonds is 8. The summed E-state index contributed by atoms with van der Waals surface area (Å²) >= 11 is 1.52. The lowest BCUT2D eigenvalue weighted by Gasteiger charge is -2.27. The molecular formula is C24H24O5S2. The van der Waals surface area contributed by atoms with Gasteiger partial charge in [-0.15, -0.1) is 11.8 Å². The molecule has 0 spiro atoms. The summed E-state index contributed by atoms with van der Waals surface area (Å²) in [6, 6.07) is 19.6. The van der Waals surface area contributed by atoms with Crippen LogP contribution >= 0.6 is 11.8 Å². The van der Waals surface area contributed by atoms with Gasteiger partial charge in [0, 0.05) is 10.5 Å². The van der Waals surface area contributed by atoms with Gasteiger partial charge in [-0.05, 0) is 49.9 Å². The zero-order valence-corrected chi connectivity index (χ0v) is 19.2. The van der Waals surface area contributed by atoms with E-state index in [1.165, 1.54) is 23.9 Å². The van der Waals surface area contributed by atoms with Gasteiger partial charge in [-0.1, -0.05) is 59.7 Å². The number of carbonyl (C=O) groups is 1. The van der Waals surface area contributed by atoms with Crippen molar-refractivity contribution < 1.29 is 22.5 Å². The molecular weight excluding hydrogens is 432 g/mol. The monoisotopic (exact) mass is 456 g/mol. The van der Waals surface area contributed by atoms with Crippen LogP contribution in [0.1, 0.15) is 27.0 Å². The van der Waals surface area contributed by atoms with Crippen LogP contribution < -0.4 is 0 Å². The Hall–Kier alpha value is -2.45. The van der Waals surface area contributed by atoms with Crippen molar-refractivity contribution in [2.45, 2.75) is 29.2 Å². The number of thioether (sulfide) groups is 1. The van der Waals surface area contributed by atoms with Gasteiger partial charge in [0.15, 0.2) is 5.60 Å². The van der Waals surface area contributed by atoms with Gasteiger partial charge in [0.2, 0.25) is 5.78 Å². The van der Waals surface area contributed by atoms with Crippen molar-refractivity contribution in [3.05, 3.63) is 95.1 Å². The molecule has 0 fully saturated rings. The molecule has 5 nitrogen and oxygen atoms in total. The molecule has 1 N–H and O–H groups in total. The molecule has 0 bridgehead atoms. The minimum Gasteiger partial charge on any atom is -0.375 e. The molecule has 1 atom stereocenters. The number of hydrogen-bond donors (Lipinski definition) is 1. The van der Waals surface area contributed by atoms with Gasteiger partial charge in [-0.3, -0.25) is 8.98 Å². The first-order valence-electron chi connectivity index (χ1n) is 9.60. The summed E-state index contributed by atoms with van der Waals surface area (Å²) in [5.74, 6) is -0.636. The van der Waals surface area contributed by atoms with Crippen LogP contribution in [0.15, 0.2) is 82.6 Å². The van der Waals surface area contributed by atoms with E-state index >= 15 is 0 Å². The third-order valence-electron chi connectivity index (χ3n) is 4.99. The van der Waals surface area contributed by atoms with Crippen molar-refractivity contribution in [3.8, 4) is 0 Å². The Morgan fingerprint density at radius 1 is 0.903 bits per heavy atom. The lowest BCUT2D eigenvalue weighted by atomic mass is 9.86. The first kappa shape index (κ1) is 23.2. The van der Waals surface area contributed by atoms with Gasteiger partial charge in [-0.2, -0.15) is 8.42 Å². The average molecular weight is 457 g/mol. The third-order valence-corrected chi connectivity index (χ3v) is 7.01. The highest BCUT2D eigenvalue weighted by molar-refractivity contribution is 7.98. The zero-order valence-electron chi connectivity index (χ0n) is 17.5. The van der Waals surface area contributed by atoms with Gasteiger partial charge in [-0.25, -0.2) is 0 Å². The van der Waals surface area contributed by atoms with E-state index in [0.717, 1.165) is 16.0 Å². The summed E-state index contributed by atoms with van der Waals surface area (Å²) in [5, 5.41) is 11.4. The second kappa shape index (κ2) is 9.36. The molecule has 0 radical (unpaired) electrons. The van der Waals surface area contributed by atoms with E-state index in [1.54, 1.807) is 60.7 Å². The van der Waals surface area contributed by atoms with Crippen LogP contribution in [0, 0.1) is 13.8 Å². The lowest BCUT2D eigenvalue weighted by Crippen LogP contribution is -2.41. The quantitative estimate of drug-likeness (QED) is 0.305. The summed E-state index contributed by atoms with van der Waals surface area (Å²) < 4.78 is 30.5. The Labute approximate surface area is 187 Å². The number of aliphatic hydroxyl groups is 1. The third kappa shape index (κ3) is 5.25. The highest BCUT2D eigenvalue weighted by atomic mass is 32.2. The lowest BCUT2D eigenvalue weighted by molar-refractivity contribution is 0.00407. The summed E-state index contributed by atoms with van der Waals surface area (Å²) in [7, 11) is -4.17. The number of carbonyl (C=O) groups excluding carboxylic acids is 1. The van der Waals surface area contributed by atoms with Crippen molar-refractivity contribution in [2.24, 2.45) is 0 Å². The first-order chi connectivity index (χ1) is 14.7. The van der Waals surface area contributed by atoms with Crippen molar-refractivity contribution in [1.29, 1.82) is 0 Å². The van der Waals surface area contributed by atoms with Crippen LogP contribution in [-0.4, -0.2) is 32.2 Å². The standard InChI is InChI=1S/C24H24O5S2/c1-17-4-8-19(9-5-17)23(25)24(26,20-10-12-21(30-3)13-11-20)16-29-31(27,28)22-14-6-18(2)7-15-22/h4-15,26H,16H2,1-3H3. The summed E-state index contributed by atoms with van der Waals surface area (Å²) in [6.45, 7) is 2.99. The molecule has 0 saturated heterocycles. The largest absolute Gasteiger partial charge is 0.375 e. The number of Topliss-reactive ketones (excluding diaryl/α,β-unsaturated/α-hetero) is 1. The molecule has 31 heavy (non-hydrogen) atoms. The number of hydrogen-bond acceptors (Lipinski definition) is 6. The van der Waals surface area contributed by atoms with E-state index in [1.807, 2.05) is 20.1 Å². The molecule has 7 heteroatoms. The van der Waals surface area contributed by atoms with Gasteiger partial charge >= 0.3 is 0 Å². The Balaban J connectivity index is 1.97. The molecule has 0 aliphatic rings. The summed E-state index contributed by atoms with van der Waals surface area (Å²) in [6.07, 6.45) is 1.91. The molecule has 162 valence electrons. The maximum Gasteiger partial charge on any atom is 0.297 e. The minimum absolute atomic E-state index is 0.0408. The number of benzene rings is 3. The van der Waals surface area contributed by atoms with Crippen LogP contribution in [0.3, 0.4) is 0 Å². The molecule has 0 aliphatic heterocycles. The van der Waals surface area contributed by atoms with E-state index in [-0.39, 0.29) is 16.0 Å². The maximum atomic E-state index is 13.3. The molecule has 0 aromatic heterocycles. The Morgan fingerprint density at radius 2 is 1.42 bits per heavy atom. The Bertz CT molecular complexity index is 1150. The van der Waals surface area contributed by atoms with E-state index < -0.39 is 28.1 Å². The van der Waals surface area contributed by atoms with E-state index in [0.29, 0.717) is 0 Å². The molecule has 3 aromatic carbocycles. The first-order valence-corrected chi connectivity index (χ1v) is 12.2. The van der Waals surface area contributed by atoms with Crippen LogP contribution in [0.2, 0.25) is 0 Å². The van der Waals surface area contributed by atoms with E-state index in [9.17, 15) is 18.3 Å². The minimum atomic E-state index is -4.17. The van der Waals surface area contributed by atoms with Crippen molar-refractivity contribution in [2.75, 3.05) is 12.9 Å². The SMILES string of the molecule is CSc1ccc(C(O)(COS(=O)(=O)c2ccc(C)cc2)C(=O)c2ccc(C)cc2)cc1. The van der Waals surface area contributed by atoms with Crippen LogP contribution in [-0.2, 0) is 19.9 Å². The second-order valence-corrected chi connectivity index (χ2v) is 9.81. The van der Waals surface area contributed by atoms with Crippen LogP contribution in [0.5, 0.6) is 0 Å². The molecule has 0 heterocycles. The van der Waals surface area contributed by atoms with Crippen LogP contribution in [0.4, 0.5) is 0 Å². The van der Waals surface area contributed by atoms with E-state index in [4.69, 9.17) is 4.18 Å². The number of ketones is 1. The molecule has 3 aromatic rings. The summed E-state index contributed by atoms with van der Waals surface area (Å²) in [5.41, 5.74) is 0.208. The second-order valence-electron chi connectivity index (χ2n) is 7.31. The Kier molecular flexibility index (Phi) is 7.01. The zero-order chi connectivity index (χ0) is 22.6. The molecule has 3 rings (SSSR count). The summed E-state index contributed by atoms with van der Waals surface area (Å²) in [4.78, 5) is 14.2. The molecule has 0 saturated carbocycles.